The van der Waals surface area contributed by atoms with Crippen molar-refractivity contribution in [2.75, 3.05) is 65.2 Å². The number of thioether (sulfide) groups is 2. The maximum absolute atomic E-state index is 6.19. The maximum Gasteiger partial charge on any atom is 0.192 e. The molecule has 1 aliphatic heterocycles. The van der Waals surface area contributed by atoms with E-state index in [0.29, 0.717) is 12.5 Å². The summed E-state index contributed by atoms with van der Waals surface area (Å²) in [5.74, 6) is 6.27. The third-order valence-corrected chi connectivity index (χ3v) is 17.2. The molecule has 0 spiro atoms. The van der Waals surface area contributed by atoms with E-state index in [0.717, 1.165) is 48.4 Å². The second-order valence-corrected chi connectivity index (χ2v) is 21.7. The van der Waals surface area contributed by atoms with E-state index >= 15 is 0 Å². The van der Waals surface area contributed by atoms with E-state index in [9.17, 15) is 0 Å². The fourth-order valence-corrected chi connectivity index (χ4v) is 9.42. The Morgan fingerprint density at radius 1 is 0.833 bits per heavy atom. The fraction of sp³-hybridized carbons (Fsp3) is 0.692. The lowest BCUT2D eigenvalue weighted by molar-refractivity contribution is 0.0509. The quantitative estimate of drug-likeness (QED) is 0.0639. The minimum Gasteiger partial charge on any atom is -0.497 e. The molecule has 2 atom stereocenters. The molecule has 6 nitrogen and oxygen atoms in total. The van der Waals surface area contributed by atoms with Crippen molar-refractivity contribution in [3.63, 3.8) is 0 Å². The van der Waals surface area contributed by atoms with Crippen LogP contribution in [0.4, 0.5) is 0 Å². The average molecular weight is 721 g/mol. The van der Waals surface area contributed by atoms with Crippen LogP contribution in [0.25, 0.3) is 0 Å². The van der Waals surface area contributed by atoms with Gasteiger partial charge in [0.2, 0.25) is 0 Å². The van der Waals surface area contributed by atoms with Gasteiger partial charge in [0.25, 0.3) is 0 Å². The van der Waals surface area contributed by atoms with E-state index < -0.39 is 8.32 Å². The minimum atomic E-state index is -1.66. The summed E-state index contributed by atoms with van der Waals surface area (Å²) in [6.45, 7) is 16.4. The van der Waals surface area contributed by atoms with Crippen LogP contribution in [-0.4, -0.2) is 73.5 Å². The Kier molecular flexibility index (Phi) is 17.5. The highest BCUT2D eigenvalue weighted by molar-refractivity contribution is 7.99. The Hall–Kier alpha value is -1.36. The molecule has 0 fully saturated rings. The molecule has 0 bridgehead atoms. The predicted molar refractivity (Wildman–Crippen MR) is 208 cm³/mol. The van der Waals surface area contributed by atoms with Crippen molar-refractivity contribution in [1.29, 1.82) is 0 Å². The highest BCUT2D eigenvalue weighted by Gasteiger charge is 2.43. The molecule has 272 valence electrons. The van der Waals surface area contributed by atoms with E-state index in [4.69, 9.17) is 28.1 Å². The molecule has 0 aliphatic carbocycles. The summed E-state index contributed by atoms with van der Waals surface area (Å²) in [4.78, 5) is 1.32. The second kappa shape index (κ2) is 20.5. The smallest absolute Gasteiger partial charge is 0.192 e. The van der Waals surface area contributed by atoms with Gasteiger partial charge in [-0.25, -0.2) is 0 Å². The molecule has 9 heteroatoms. The van der Waals surface area contributed by atoms with E-state index in [1.165, 1.54) is 66.7 Å². The summed E-state index contributed by atoms with van der Waals surface area (Å²) in [6.07, 6.45) is 10.2. The molecule has 3 rings (SSSR count). The van der Waals surface area contributed by atoms with Gasteiger partial charge in [0.15, 0.2) is 15.1 Å². The van der Waals surface area contributed by atoms with Crippen LogP contribution in [0, 0.1) is 0 Å². The predicted octanol–water partition coefficient (Wildman–Crippen LogP) is 10.7. The number of hydrogen-bond donors (Lipinski definition) is 0. The van der Waals surface area contributed by atoms with Crippen LogP contribution in [0.3, 0.4) is 0 Å². The average Bonchev–Trinajstić information content (AvgIpc) is 3.06. The Labute approximate surface area is 302 Å². The zero-order valence-corrected chi connectivity index (χ0v) is 34.0. The van der Waals surface area contributed by atoms with Crippen LogP contribution in [0.15, 0.2) is 41.3 Å². The van der Waals surface area contributed by atoms with Crippen LogP contribution in [0.1, 0.15) is 96.1 Å². The van der Waals surface area contributed by atoms with Gasteiger partial charge in [-0.3, -0.25) is 0 Å². The third-order valence-electron chi connectivity index (χ3n) is 10.2. The number of benzene rings is 2. The summed E-state index contributed by atoms with van der Waals surface area (Å²) in [5, 5.41) is 0.255. The largest absolute Gasteiger partial charge is 0.497 e. The first-order chi connectivity index (χ1) is 23.0. The lowest BCUT2D eigenvalue weighted by atomic mass is 9.67. The Balaban J connectivity index is 1.40. The summed E-state index contributed by atoms with van der Waals surface area (Å²) in [7, 11) is 3.47. The van der Waals surface area contributed by atoms with Crippen molar-refractivity contribution in [2.45, 2.75) is 113 Å². The molecule has 0 saturated heterocycles. The summed E-state index contributed by atoms with van der Waals surface area (Å²) >= 11 is 3.94. The van der Waals surface area contributed by atoms with Gasteiger partial charge in [-0.15, -0.1) is 11.8 Å². The molecule has 0 radical (unpaired) electrons. The topological polar surface area (TPSA) is 55.4 Å². The summed E-state index contributed by atoms with van der Waals surface area (Å²) in [6, 6.07) is 12.9. The van der Waals surface area contributed by atoms with Gasteiger partial charge in [-0.2, -0.15) is 11.8 Å². The van der Waals surface area contributed by atoms with Crippen molar-refractivity contribution in [3.05, 3.63) is 47.5 Å². The first-order valence-corrected chi connectivity index (χ1v) is 22.9. The number of fused-ring (bicyclic) bond motifs is 1. The van der Waals surface area contributed by atoms with Crippen LogP contribution in [-0.2, 0) is 19.3 Å². The van der Waals surface area contributed by atoms with E-state index in [2.05, 4.69) is 71.1 Å². The van der Waals surface area contributed by atoms with Crippen LogP contribution >= 0.6 is 23.5 Å². The van der Waals surface area contributed by atoms with Crippen LogP contribution < -0.4 is 14.2 Å². The first-order valence-electron chi connectivity index (χ1n) is 17.9. The highest BCUT2D eigenvalue weighted by atomic mass is 32.2. The van der Waals surface area contributed by atoms with Crippen molar-refractivity contribution in [3.8, 4) is 17.2 Å². The Morgan fingerprint density at radius 2 is 1.54 bits per heavy atom. The molecular weight excluding hydrogens is 657 g/mol. The minimum absolute atomic E-state index is 0.0641. The van der Waals surface area contributed by atoms with Crippen molar-refractivity contribution in [1.82, 2.24) is 0 Å². The van der Waals surface area contributed by atoms with E-state index in [1.54, 1.807) is 21.3 Å². The zero-order valence-electron chi connectivity index (χ0n) is 31.4. The van der Waals surface area contributed by atoms with Crippen molar-refractivity contribution < 1.29 is 28.1 Å². The maximum atomic E-state index is 6.19. The molecule has 0 saturated carbocycles. The van der Waals surface area contributed by atoms with Gasteiger partial charge in [0, 0.05) is 40.6 Å². The highest BCUT2D eigenvalue weighted by Crippen LogP contribution is 2.54. The molecule has 2 aromatic carbocycles. The standard InChI is InChI=1S/C39H64O6S2Si/c1-38(2,3)48(8,9)45-23-22-43-24-26-46-25-16-14-12-10-11-13-15-17-34-33-20-18-32(44-30-40-5)28-37(33)47-29-39(34,4)35-21-19-31(41-6)27-36(35)42-7/h18-21,27-28,34H,10-17,22-26,29-30H2,1-9H3. The molecule has 0 N–H and O–H groups in total. The van der Waals surface area contributed by atoms with Gasteiger partial charge in [0.05, 0.1) is 34.0 Å². The number of ether oxygens (including phenoxy) is 5. The fourth-order valence-electron chi connectivity index (χ4n) is 6.16. The lowest BCUT2D eigenvalue weighted by Gasteiger charge is -2.43. The molecule has 2 aromatic rings. The van der Waals surface area contributed by atoms with Gasteiger partial charge >= 0.3 is 0 Å². The third kappa shape index (κ3) is 12.2. The van der Waals surface area contributed by atoms with Crippen LogP contribution in [0.2, 0.25) is 18.1 Å². The van der Waals surface area contributed by atoms with Gasteiger partial charge in [0.1, 0.15) is 17.2 Å². The molecule has 1 heterocycles. The molecule has 1 aliphatic rings. The SMILES string of the molecule is COCOc1ccc2c(c1)SCC(C)(c1ccc(OC)cc1OC)C2CCCCCCCCCSCCOCCO[Si](C)(C)C(C)(C)C. The lowest BCUT2D eigenvalue weighted by Crippen LogP contribution is -2.41. The normalized spacial score (nSPS) is 18.1. The second-order valence-electron chi connectivity index (χ2n) is 14.7. The Bertz CT molecular complexity index is 1220. The number of hydrogen-bond acceptors (Lipinski definition) is 8. The number of methoxy groups -OCH3 is 3. The van der Waals surface area contributed by atoms with Crippen molar-refractivity contribution in [2.24, 2.45) is 0 Å². The molecule has 0 amide bonds. The first kappa shape index (κ1) is 41.1. The summed E-state index contributed by atoms with van der Waals surface area (Å²) < 4.78 is 34.4. The molecule has 2 unspecified atom stereocenters. The molecule has 48 heavy (non-hydrogen) atoms. The van der Waals surface area contributed by atoms with Gasteiger partial charge in [-0.05, 0) is 66.4 Å². The van der Waals surface area contributed by atoms with Gasteiger partial charge in [-0.1, -0.05) is 78.4 Å². The zero-order chi connectivity index (χ0) is 35.0. The Morgan fingerprint density at radius 3 is 2.23 bits per heavy atom. The molecule has 0 aromatic heterocycles. The number of unbranched alkanes of at least 4 members (excludes halogenated alkanes) is 6. The van der Waals surface area contributed by atoms with E-state index in [1.807, 2.05) is 29.6 Å². The monoisotopic (exact) mass is 720 g/mol. The van der Waals surface area contributed by atoms with E-state index in [-0.39, 0.29) is 17.2 Å². The van der Waals surface area contributed by atoms with Gasteiger partial charge < -0.3 is 28.1 Å². The molecular formula is C39H64O6S2Si. The van der Waals surface area contributed by atoms with Crippen LogP contribution in [0.5, 0.6) is 17.2 Å². The summed E-state index contributed by atoms with van der Waals surface area (Å²) in [5.41, 5.74) is 2.61. The van der Waals surface area contributed by atoms with Crippen molar-refractivity contribution >= 4 is 31.8 Å². The number of rotatable bonds is 23.